The van der Waals surface area contributed by atoms with E-state index in [1.807, 2.05) is 27.7 Å². The molecule has 1 saturated heterocycles. The van der Waals surface area contributed by atoms with Crippen molar-refractivity contribution in [1.29, 1.82) is 0 Å². The molecule has 1 aliphatic rings. The molecular formula is C8H19NO2. The quantitative estimate of drug-likeness (QED) is 0.627. The van der Waals surface area contributed by atoms with Crippen molar-refractivity contribution in [2.75, 3.05) is 13.2 Å². The predicted octanol–water partition coefficient (Wildman–Crippen LogP) is 1.12. The summed E-state index contributed by atoms with van der Waals surface area (Å²) in [6.45, 7) is 8.96. The Kier molecular flexibility index (Phi) is 4.65. The topological polar surface area (TPSA) is 44.5 Å². The third-order valence-corrected chi connectivity index (χ3v) is 1.33. The summed E-state index contributed by atoms with van der Waals surface area (Å²) < 4.78 is 10.6. The van der Waals surface area contributed by atoms with Crippen molar-refractivity contribution in [2.45, 2.75) is 39.6 Å². The van der Waals surface area contributed by atoms with Crippen LogP contribution in [0.3, 0.4) is 0 Å². The maximum Gasteiger partial charge on any atom is 0.163 e. The van der Waals surface area contributed by atoms with Gasteiger partial charge in [-0.3, -0.25) is 0 Å². The van der Waals surface area contributed by atoms with E-state index in [2.05, 4.69) is 0 Å². The average molecular weight is 161 g/mol. The van der Waals surface area contributed by atoms with Gasteiger partial charge in [0.2, 0.25) is 0 Å². The molecule has 1 rings (SSSR count). The van der Waals surface area contributed by atoms with E-state index >= 15 is 0 Å². The van der Waals surface area contributed by atoms with Gasteiger partial charge in [0.05, 0.1) is 12.7 Å². The summed E-state index contributed by atoms with van der Waals surface area (Å²) in [5.41, 5.74) is 5.35. The molecule has 1 aliphatic heterocycles. The standard InChI is InChI=1S/C6H13NO2.C2H6/c1-6(2)8-4-5(3-7)9-6;1-2/h5H,3-4,7H2,1-2H3;1-2H3. The number of rotatable bonds is 1. The molecule has 0 radical (unpaired) electrons. The second-order valence-electron chi connectivity index (χ2n) is 2.69. The SMILES string of the molecule is CC.CC1(C)OCC(CN)O1. The van der Waals surface area contributed by atoms with Crippen molar-refractivity contribution in [3.05, 3.63) is 0 Å². The summed E-state index contributed by atoms with van der Waals surface area (Å²) in [6.07, 6.45) is 0.0972. The fourth-order valence-corrected chi connectivity index (χ4v) is 0.879. The molecule has 0 aromatic carbocycles. The molecule has 1 atom stereocenters. The highest BCUT2D eigenvalue weighted by atomic mass is 16.7. The highest BCUT2D eigenvalue weighted by molar-refractivity contribution is 4.70. The van der Waals surface area contributed by atoms with Gasteiger partial charge in [-0.1, -0.05) is 13.8 Å². The number of nitrogens with two attached hydrogens (primary N) is 1. The zero-order valence-corrected chi connectivity index (χ0v) is 7.89. The van der Waals surface area contributed by atoms with Gasteiger partial charge in [-0.15, -0.1) is 0 Å². The van der Waals surface area contributed by atoms with E-state index in [4.69, 9.17) is 15.2 Å². The van der Waals surface area contributed by atoms with Crippen LogP contribution in [0.5, 0.6) is 0 Å². The van der Waals surface area contributed by atoms with Crippen LogP contribution >= 0.6 is 0 Å². The van der Waals surface area contributed by atoms with Crippen molar-refractivity contribution in [3.8, 4) is 0 Å². The average Bonchev–Trinajstić information content (AvgIpc) is 2.34. The van der Waals surface area contributed by atoms with Crippen LogP contribution in [0.4, 0.5) is 0 Å². The van der Waals surface area contributed by atoms with Gasteiger partial charge in [-0.25, -0.2) is 0 Å². The van der Waals surface area contributed by atoms with E-state index < -0.39 is 5.79 Å². The molecule has 3 nitrogen and oxygen atoms in total. The van der Waals surface area contributed by atoms with Crippen molar-refractivity contribution in [1.82, 2.24) is 0 Å². The van der Waals surface area contributed by atoms with Gasteiger partial charge in [0, 0.05) is 6.54 Å². The van der Waals surface area contributed by atoms with Crippen molar-refractivity contribution >= 4 is 0 Å². The van der Waals surface area contributed by atoms with E-state index in [-0.39, 0.29) is 6.10 Å². The Bertz CT molecular complexity index is 104. The Morgan fingerprint density at radius 3 is 2.18 bits per heavy atom. The predicted molar refractivity (Wildman–Crippen MR) is 45.3 cm³/mol. The molecule has 1 heterocycles. The molecule has 0 aliphatic carbocycles. The maximum absolute atomic E-state index is 5.35. The Morgan fingerprint density at radius 1 is 1.45 bits per heavy atom. The minimum atomic E-state index is -0.413. The first-order chi connectivity index (χ1) is 5.14. The number of hydrogen-bond acceptors (Lipinski definition) is 3. The summed E-state index contributed by atoms with van der Waals surface area (Å²) >= 11 is 0. The smallest absolute Gasteiger partial charge is 0.163 e. The molecule has 0 saturated carbocycles. The van der Waals surface area contributed by atoms with Crippen molar-refractivity contribution < 1.29 is 9.47 Å². The summed E-state index contributed by atoms with van der Waals surface area (Å²) in [5.74, 6) is -0.413. The van der Waals surface area contributed by atoms with Gasteiger partial charge >= 0.3 is 0 Å². The van der Waals surface area contributed by atoms with E-state index in [1.54, 1.807) is 0 Å². The van der Waals surface area contributed by atoms with Gasteiger partial charge in [-0.05, 0) is 13.8 Å². The van der Waals surface area contributed by atoms with Crippen LogP contribution in [0.25, 0.3) is 0 Å². The third kappa shape index (κ3) is 3.70. The molecule has 0 spiro atoms. The number of ether oxygens (including phenoxy) is 2. The first-order valence-corrected chi connectivity index (χ1v) is 4.16. The van der Waals surface area contributed by atoms with E-state index in [9.17, 15) is 0 Å². The lowest BCUT2D eigenvalue weighted by Crippen LogP contribution is -2.26. The highest BCUT2D eigenvalue weighted by Crippen LogP contribution is 2.20. The zero-order valence-electron chi connectivity index (χ0n) is 7.89. The van der Waals surface area contributed by atoms with Gasteiger partial charge < -0.3 is 15.2 Å². The second kappa shape index (κ2) is 4.70. The first-order valence-electron chi connectivity index (χ1n) is 4.16. The van der Waals surface area contributed by atoms with Crippen molar-refractivity contribution in [2.24, 2.45) is 5.73 Å². The molecule has 0 amide bonds. The lowest BCUT2D eigenvalue weighted by Gasteiger charge is -2.15. The second-order valence-corrected chi connectivity index (χ2v) is 2.69. The highest BCUT2D eigenvalue weighted by Gasteiger charge is 2.31. The molecule has 0 aromatic rings. The molecule has 2 N–H and O–H groups in total. The lowest BCUT2D eigenvalue weighted by molar-refractivity contribution is -0.137. The minimum absolute atomic E-state index is 0.0972. The monoisotopic (exact) mass is 161 g/mol. The van der Waals surface area contributed by atoms with Crippen molar-refractivity contribution in [3.63, 3.8) is 0 Å². The Hall–Kier alpha value is -0.120. The van der Waals surface area contributed by atoms with E-state index in [1.165, 1.54) is 0 Å². The summed E-state index contributed by atoms with van der Waals surface area (Å²) in [4.78, 5) is 0. The summed E-state index contributed by atoms with van der Waals surface area (Å²) in [7, 11) is 0. The summed E-state index contributed by atoms with van der Waals surface area (Å²) in [6, 6.07) is 0. The van der Waals surface area contributed by atoms with E-state index in [0.29, 0.717) is 13.2 Å². The largest absolute Gasteiger partial charge is 0.348 e. The van der Waals surface area contributed by atoms with Gasteiger partial charge in [0.1, 0.15) is 0 Å². The molecule has 11 heavy (non-hydrogen) atoms. The number of hydrogen-bond donors (Lipinski definition) is 1. The van der Waals surface area contributed by atoms with Gasteiger partial charge in [0.15, 0.2) is 5.79 Å². The van der Waals surface area contributed by atoms with Crippen LogP contribution in [-0.2, 0) is 9.47 Å². The zero-order chi connectivity index (χ0) is 8.91. The molecule has 0 bridgehead atoms. The van der Waals surface area contributed by atoms with Crippen LogP contribution in [0.2, 0.25) is 0 Å². The van der Waals surface area contributed by atoms with Gasteiger partial charge in [-0.2, -0.15) is 0 Å². The van der Waals surface area contributed by atoms with Crippen LogP contribution in [0.1, 0.15) is 27.7 Å². The van der Waals surface area contributed by atoms with Crippen LogP contribution in [0.15, 0.2) is 0 Å². The molecule has 0 aromatic heterocycles. The lowest BCUT2D eigenvalue weighted by atomic mass is 10.4. The third-order valence-electron chi connectivity index (χ3n) is 1.33. The first kappa shape index (κ1) is 10.9. The molecular weight excluding hydrogens is 142 g/mol. The summed E-state index contributed by atoms with van der Waals surface area (Å²) in [5, 5.41) is 0. The Balaban J connectivity index is 0.000000461. The van der Waals surface area contributed by atoms with Crippen LogP contribution in [-0.4, -0.2) is 25.0 Å². The van der Waals surface area contributed by atoms with Crippen LogP contribution < -0.4 is 5.73 Å². The Labute approximate surface area is 68.9 Å². The maximum atomic E-state index is 5.35. The minimum Gasteiger partial charge on any atom is -0.348 e. The Morgan fingerprint density at radius 2 is 2.00 bits per heavy atom. The normalized spacial score (nSPS) is 27.5. The fraction of sp³-hybridized carbons (Fsp3) is 1.00. The van der Waals surface area contributed by atoms with E-state index in [0.717, 1.165) is 0 Å². The molecule has 68 valence electrons. The van der Waals surface area contributed by atoms with Gasteiger partial charge in [0.25, 0.3) is 0 Å². The molecule has 3 heteroatoms. The van der Waals surface area contributed by atoms with Crippen LogP contribution in [0, 0.1) is 0 Å². The fourth-order valence-electron chi connectivity index (χ4n) is 0.879. The molecule has 1 unspecified atom stereocenters. The molecule has 1 fully saturated rings.